The molecule has 0 unspecified atom stereocenters. The molecule has 0 aliphatic rings. The summed E-state index contributed by atoms with van der Waals surface area (Å²) in [4.78, 5) is 16.1. The molecule has 0 amide bonds. The molecule has 0 rings (SSSR count). The van der Waals surface area contributed by atoms with Crippen molar-refractivity contribution in [3.63, 3.8) is 0 Å². The van der Waals surface area contributed by atoms with Gasteiger partial charge in [-0.25, -0.2) is 0 Å². The highest BCUT2D eigenvalue weighted by Crippen LogP contribution is 2.28. The number of carboxylic acid groups (broad SMARTS) is 1. The molecule has 0 radical (unpaired) electrons. The Kier molecular flexibility index (Phi) is 8.26. The molecule has 114 valence electrons. The Morgan fingerprint density at radius 1 is 1.16 bits per heavy atom. The molecule has 19 heavy (non-hydrogen) atoms. The number of carbonyl (C=O) groups is 1. The van der Waals surface area contributed by atoms with Gasteiger partial charge < -0.3 is 14.9 Å². The largest absolute Gasteiger partial charge is 0.481 e. The van der Waals surface area contributed by atoms with E-state index in [4.69, 9.17) is 0 Å². The summed E-state index contributed by atoms with van der Waals surface area (Å²) in [6.07, 6.45) is 1.38. The summed E-state index contributed by atoms with van der Waals surface area (Å²) in [5.74, 6) is -0.0986. The second-order valence-electron chi connectivity index (χ2n) is 6.22. The number of hydrogen-bond acceptors (Lipinski definition) is 3. The number of rotatable bonds is 10. The second kappa shape index (κ2) is 8.54. The highest BCUT2D eigenvalue weighted by atomic mass is 16.4. The zero-order valence-electron chi connectivity index (χ0n) is 13.6. The van der Waals surface area contributed by atoms with E-state index in [1.807, 2.05) is 13.8 Å². The van der Waals surface area contributed by atoms with Crippen LogP contribution >= 0.6 is 0 Å². The van der Waals surface area contributed by atoms with Crippen LogP contribution in [0.25, 0.3) is 0 Å². The molecule has 0 aromatic carbocycles. The molecule has 4 nitrogen and oxygen atoms in total. The van der Waals surface area contributed by atoms with Crippen LogP contribution in [-0.4, -0.2) is 61.2 Å². The van der Waals surface area contributed by atoms with Crippen molar-refractivity contribution in [1.82, 2.24) is 9.80 Å². The van der Waals surface area contributed by atoms with Gasteiger partial charge in [0.25, 0.3) is 0 Å². The first kappa shape index (κ1) is 18.4. The lowest BCUT2D eigenvalue weighted by Crippen LogP contribution is -2.45. The quantitative estimate of drug-likeness (QED) is 0.663. The predicted molar refractivity (Wildman–Crippen MR) is 80.5 cm³/mol. The van der Waals surface area contributed by atoms with Gasteiger partial charge in [-0.2, -0.15) is 0 Å². The first-order valence-electron chi connectivity index (χ1n) is 7.37. The Morgan fingerprint density at radius 2 is 1.68 bits per heavy atom. The first-order valence-corrected chi connectivity index (χ1v) is 7.37. The highest BCUT2D eigenvalue weighted by molar-refractivity contribution is 5.74. The molecule has 0 saturated heterocycles. The van der Waals surface area contributed by atoms with Gasteiger partial charge in [0.15, 0.2) is 0 Å². The second-order valence-corrected chi connectivity index (χ2v) is 6.22. The van der Waals surface area contributed by atoms with Crippen molar-refractivity contribution in [2.24, 2.45) is 11.3 Å². The number of nitrogens with zero attached hydrogens (tertiary/aromatic N) is 2. The van der Waals surface area contributed by atoms with E-state index in [1.54, 1.807) is 0 Å². The van der Waals surface area contributed by atoms with Crippen LogP contribution < -0.4 is 0 Å². The van der Waals surface area contributed by atoms with E-state index in [9.17, 15) is 9.90 Å². The first-order chi connectivity index (χ1) is 8.77. The zero-order chi connectivity index (χ0) is 15.1. The van der Waals surface area contributed by atoms with Gasteiger partial charge in [0.1, 0.15) is 0 Å². The minimum atomic E-state index is -0.656. The lowest BCUT2D eigenvalue weighted by Gasteiger charge is -2.35. The molecule has 0 aliphatic heterocycles. The molecule has 0 heterocycles. The summed E-state index contributed by atoms with van der Waals surface area (Å²) in [6, 6.07) is 0. The van der Waals surface area contributed by atoms with Gasteiger partial charge in [-0.15, -0.1) is 0 Å². The molecule has 0 aromatic rings. The lowest BCUT2D eigenvalue weighted by molar-refractivity contribution is -0.151. The molecule has 0 bridgehead atoms. The Hall–Kier alpha value is -0.610. The minimum absolute atomic E-state index is 0.558. The summed E-state index contributed by atoms with van der Waals surface area (Å²) in [6.45, 7) is 11.8. The van der Waals surface area contributed by atoms with Gasteiger partial charge in [-0.3, -0.25) is 4.79 Å². The molecule has 0 saturated carbocycles. The topological polar surface area (TPSA) is 43.8 Å². The van der Waals surface area contributed by atoms with Crippen molar-refractivity contribution in [2.75, 3.05) is 40.3 Å². The summed E-state index contributed by atoms with van der Waals surface area (Å²) < 4.78 is 0. The van der Waals surface area contributed by atoms with Gasteiger partial charge in [0.05, 0.1) is 5.41 Å². The molecule has 1 N–H and O–H groups in total. The van der Waals surface area contributed by atoms with Crippen LogP contribution in [-0.2, 0) is 4.79 Å². The van der Waals surface area contributed by atoms with Crippen molar-refractivity contribution >= 4 is 5.97 Å². The molecule has 0 atom stereocenters. The van der Waals surface area contributed by atoms with E-state index in [-0.39, 0.29) is 0 Å². The van der Waals surface area contributed by atoms with E-state index < -0.39 is 11.4 Å². The van der Waals surface area contributed by atoms with Crippen LogP contribution in [0.2, 0.25) is 0 Å². The van der Waals surface area contributed by atoms with E-state index in [0.29, 0.717) is 25.3 Å². The minimum Gasteiger partial charge on any atom is -0.481 e. The molecule has 0 fully saturated rings. The third kappa shape index (κ3) is 6.39. The van der Waals surface area contributed by atoms with Crippen molar-refractivity contribution in [3.8, 4) is 0 Å². The average Bonchev–Trinajstić information content (AvgIpc) is 2.31. The SMILES string of the molecule is CCC(CC)(CN(CCN(C)C)CC(C)C)C(=O)O. The Morgan fingerprint density at radius 3 is 2.00 bits per heavy atom. The molecule has 0 aromatic heterocycles. The van der Waals surface area contributed by atoms with Gasteiger partial charge >= 0.3 is 5.97 Å². The molecular weight excluding hydrogens is 240 g/mol. The predicted octanol–water partition coefficient (Wildman–Crippen LogP) is 2.40. The fourth-order valence-electron chi connectivity index (χ4n) is 2.36. The van der Waals surface area contributed by atoms with Crippen molar-refractivity contribution in [1.29, 1.82) is 0 Å². The smallest absolute Gasteiger partial charge is 0.310 e. The molecule has 0 spiro atoms. The van der Waals surface area contributed by atoms with Gasteiger partial charge in [-0.05, 0) is 32.9 Å². The third-order valence-electron chi connectivity index (χ3n) is 3.82. The Balaban J connectivity index is 4.79. The maximum Gasteiger partial charge on any atom is 0.310 e. The van der Waals surface area contributed by atoms with Gasteiger partial charge in [0, 0.05) is 26.2 Å². The number of carboxylic acids is 1. The summed E-state index contributed by atoms with van der Waals surface area (Å²) in [5.41, 5.74) is -0.596. The van der Waals surface area contributed by atoms with E-state index in [2.05, 4.69) is 37.7 Å². The van der Waals surface area contributed by atoms with E-state index >= 15 is 0 Å². The molecular formula is C15H32N2O2. The van der Waals surface area contributed by atoms with Crippen LogP contribution in [0.5, 0.6) is 0 Å². The van der Waals surface area contributed by atoms with Crippen LogP contribution in [0.3, 0.4) is 0 Å². The van der Waals surface area contributed by atoms with Crippen molar-refractivity contribution < 1.29 is 9.90 Å². The van der Waals surface area contributed by atoms with Gasteiger partial charge in [0.2, 0.25) is 0 Å². The zero-order valence-corrected chi connectivity index (χ0v) is 13.6. The maximum absolute atomic E-state index is 11.6. The van der Waals surface area contributed by atoms with Crippen molar-refractivity contribution in [2.45, 2.75) is 40.5 Å². The van der Waals surface area contributed by atoms with E-state index in [0.717, 1.165) is 19.6 Å². The third-order valence-corrected chi connectivity index (χ3v) is 3.82. The van der Waals surface area contributed by atoms with E-state index in [1.165, 1.54) is 0 Å². The summed E-state index contributed by atoms with van der Waals surface area (Å²) in [7, 11) is 4.11. The summed E-state index contributed by atoms with van der Waals surface area (Å²) >= 11 is 0. The maximum atomic E-state index is 11.6. The fraction of sp³-hybridized carbons (Fsp3) is 0.933. The van der Waals surface area contributed by atoms with Gasteiger partial charge in [-0.1, -0.05) is 27.7 Å². The molecule has 0 aliphatic carbocycles. The standard InChI is InChI=1S/C15H32N2O2/c1-7-15(8-2,14(18)19)12-17(11-13(3)4)10-9-16(5)6/h13H,7-12H2,1-6H3,(H,18,19). The van der Waals surface area contributed by atoms with Crippen LogP contribution in [0.1, 0.15) is 40.5 Å². The number of likely N-dealkylation sites (N-methyl/N-ethyl adjacent to an activating group) is 1. The normalized spacial score (nSPS) is 12.7. The van der Waals surface area contributed by atoms with Crippen LogP contribution in [0.4, 0.5) is 0 Å². The molecule has 4 heteroatoms. The van der Waals surface area contributed by atoms with Crippen molar-refractivity contribution in [3.05, 3.63) is 0 Å². The Labute approximate surface area is 118 Å². The Bertz CT molecular complexity index is 261. The number of hydrogen-bond donors (Lipinski definition) is 1. The number of aliphatic carboxylic acids is 1. The average molecular weight is 272 g/mol. The summed E-state index contributed by atoms with van der Waals surface area (Å²) in [5, 5.41) is 9.55. The van der Waals surface area contributed by atoms with Crippen LogP contribution in [0, 0.1) is 11.3 Å². The monoisotopic (exact) mass is 272 g/mol. The lowest BCUT2D eigenvalue weighted by atomic mass is 9.81. The highest BCUT2D eigenvalue weighted by Gasteiger charge is 2.36. The fourth-order valence-corrected chi connectivity index (χ4v) is 2.36. The van der Waals surface area contributed by atoms with Crippen LogP contribution in [0.15, 0.2) is 0 Å².